The predicted molar refractivity (Wildman–Crippen MR) is 157 cm³/mol. The Hall–Kier alpha value is -4.71. The van der Waals surface area contributed by atoms with Crippen LogP contribution < -0.4 is 0 Å². The van der Waals surface area contributed by atoms with Gasteiger partial charge in [0.05, 0.1) is 33.3 Å². The summed E-state index contributed by atoms with van der Waals surface area (Å²) in [6.45, 7) is 4.06. The molecule has 1 N–H and O–H groups in total. The maximum atomic E-state index is 12.6. The molecule has 0 bridgehead atoms. The van der Waals surface area contributed by atoms with Gasteiger partial charge in [-0.3, -0.25) is 4.57 Å². The molecule has 0 amide bonds. The summed E-state index contributed by atoms with van der Waals surface area (Å²) in [7, 11) is 2.03. The van der Waals surface area contributed by atoms with Gasteiger partial charge in [0.15, 0.2) is 0 Å². The lowest BCUT2D eigenvalue weighted by Crippen LogP contribution is -2.09. The number of nitrogens with zero attached hydrogens (tertiary/aromatic N) is 4. The first-order valence-electron chi connectivity index (χ1n) is 13.3. The van der Waals surface area contributed by atoms with Gasteiger partial charge in [-0.15, -0.1) is 0 Å². The normalized spacial score (nSPS) is 11.5. The van der Waals surface area contributed by atoms with Crippen molar-refractivity contribution in [2.75, 3.05) is 0 Å². The van der Waals surface area contributed by atoms with Crippen LogP contribution in [0.15, 0.2) is 84.9 Å². The number of rotatable bonds is 7. The minimum Gasteiger partial charge on any atom is -0.478 e. The quantitative estimate of drug-likeness (QED) is 0.238. The number of unbranched alkanes of at least 4 members (excludes halogenated alkanes) is 1. The molecule has 0 aliphatic rings. The monoisotopic (exact) mass is 514 g/mol. The molecule has 0 saturated carbocycles. The van der Waals surface area contributed by atoms with E-state index in [9.17, 15) is 9.90 Å². The lowest BCUT2D eigenvalue weighted by Gasteiger charge is -2.17. The third-order valence-corrected chi connectivity index (χ3v) is 7.50. The Morgan fingerprint density at radius 1 is 0.846 bits per heavy atom. The van der Waals surface area contributed by atoms with Crippen LogP contribution in [-0.4, -0.2) is 30.2 Å². The summed E-state index contributed by atoms with van der Waals surface area (Å²) in [6.07, 6.45) is 2.84. The lowest BCUT2D eigenvalue weighted by atomic mass is 9.94. The second-order valence-electron chi connectivity index (χ2n) is 9.96. The lowest BCUT2D eigenvalue weighted by molar-refractivity contribution is 0.0697. The number of hydrogen-bond donors (Lipinski definition) is 1. The number of fused-ring (bicyclic) bond motifs is 2. The highest BCUT2D eigenvalue weighted by molar-refractivity contribution is 5.99. The molecule has 6 aromatic rings. The SMILES string of the molecule is CCCCc1nc2ccc(-c3nc4ccccc4n3C)cc2n1-c1ccc(-c2ccccc2)c(C(=O)O)c1C. The molecule has 0 atom stereocenters. The number of aryl methyl sites for hydroxylation is 2. The highest BCUT2D eigenvalue weighted by Gasteiger charge is 2.22. The number of aromatic carboxylic acids is 1. The van der Waals surface area contributed by atoms with Crippen molar-refractivity contribution in [3.05, 3.63) is 102 Å². The van der Waals surface area contributed by atoms with Crippen molar-refractivity contribution < 1.29 is 9.90 Å². The number of benzene rings is 4. The molecule has 4 aromatic carbocycles. The fourth-order valence-electron chi connectivity index (χ4n) is 5.52. The number of aromatic nitrogens is 4. The summed E-state index contributed by atoms with van der Waals surface area (Å²) in [6, 6.07) is 28.0. The van der Waals surface area contributed by atoms with Crippen molar-refractivity contribution in [1.29, 1.82) is 0 Å². The van der Waals surface area contributed by atoms with Crippen LogP contribution in [0.3, 0.4) is 0 Å². The van der Waals surface area contributed by atoms with Crippen molar-refractivity contribution in [2.45, 2.75) is 33.1 Å². The van der Waals surface area contributed by atoms with Crippen molar-refractivity contribution in [3.8, 4) is 28.2 Å². The fraction of sp³-hybridized carbons (Fsp3) is 0.182. The number of imidazole rings is 2. The Balaban J connectivity index is 1.59. The molecular formula is C33H30N4O2. The van der Waals surface area contributed by atoms with E-state index in [1.165, 1.54) is 0 Å². The number of para-hydroxylation sites is 2. The number of carboxylic acids is 1. The highest BCUT2D eigenvalue weighted by atomic mass is 16.4. The van der Waals surface area contributed by atoms with Crippen LogP contribution in [0.2, 0.25) is 0 Å². The number of carbonyl (C=O) groups is 1. The van der Waals surface area contributed by atoms with Gasteiger partial charge in [0.25, 0.3) is 0 Å². The van der Waals surface area contributed by atoms with Crippen LogP contribution in [0.5, 0.6) is 0 Å². The van der Waals surface area contributed by atoms with E-state index in [2.05, 4.69) is 34.3 Å². The molecule has 0 saturated heterocycles. The van der Waals surface area contributed by atoms with Gasteiger partial charge in [0.1, 0.15) is 11.6 Å². The minimum atomic E-state index is -0.937. The van der Waals surface area contributed by atoms with E-state index in [4.69, 9.17) is 9.97 Å². The first-order valence-corrected chi connectivity index (χ1v) is 13.3. The molecule has 6 nitrogen and oxygen atoms in total. The molecule has 2 aromatic heterocycles. The van der Waals surface area contributed by atoms with Gasteiger partial charge in [0.2, 0.25) is 0 Å². The summed E-state index contributed by atoms with van der Waals surface area (Å²) in [5, 5.41) is 10.3. The largest absolute Gasteiger partial charge is 0.478 e. The van der Waals surface area contributed by atoms with E-state index in [0.717, 1.165) is 69.8 Å². The second kappa shape index (κ2) is 9.87. The molecule has 0 aliphatic heterocycles. The van der Waals surface area contributed by atoms with Gasteiger partial charge < -0.3 is 9.67 Å². The van der Waals surface area contributed by atoms with Crippen LogP contribution in [-0.2, 0) is 13.5 Å². The van der Waals surface area contributed by atoms with Crippen LogP contribution in [0.25, 0.3) is 50.3 Å². The van der Waals surface area contributed by atoms with Gasteiger partial charge in [-0.1, -0.05) is 61.9 Å². The fourth-order valence-corrected chi connectivity index (χ4v) is 5.52. The molecule has 194 valence electrons. The third kappa shape index (κ3) is 4.18. The van der Waals surface area contributed by atoms with Gasteiger partial charge in [-0.25, -0.2) is 14.8 Å². The van der Waals surface area contributed by atoms with Crippen LogP contribution in [0.4, 0.5) is 0 Å². The van der Waals surface area contributed by atoms with Gasteiger partial charge in [-0.2, -0.15) is 0 Å². The van der Waals surface area contributed by atoms with Crippen molar-refractivity contribution in [3.63, 3.8) is 0 Å². The molecule has 6 heteroatoms. The average Bonchev–Trinajstić information content (AvgIpc) is 3.48. The van der Waals surface area contributed by atoms with Crippen molar-refractivity contribution in [2.24, 2.45) is 7.05 Å². The topological polar surface area (TPSA) is 72.9 Å². The number of hydrogen-bond acceptors (Lipinski definition) is 3. The highest BCUT2D eigenvalue weighted by Crippen LogP contribution is 2.34. The van der Waals surface area contributed by atoms with Crippen LogP contribution >= 0.6 is 0 Å². The minimum absolute atomic E-state index is 0.313. The molecule has 0 unspecified atom stereocenters. The second-order valence-corrected chi connectivity index (χ2v) is 9.96. The first-order chi connectivity index (χ1) is 19.0. The molecular weight excluding hydrogens is 484 g/mol. The maximum absolute atomic E-state index is 12.6. The first kappa shape index (κ1) is 24.6. The third-order valence-electron chi connectivity index (χ3n) is 7.50. The van der Waals surface area contributed by atoms with Crippen LogP contribution in [0.1, 0.15) is 41.5 Å². The summed E-state index contributed by atoms with van der Waals surface area (Å²) in [4.78, 5) is 22.5. The Kier molecular flexibility index (Phi) is 6.23. The Morgan fingerprint density at radius 2 is 1.59 bits per heavy atom. The zero-order valence-corrected chi connectivity index (χ0v) is 22.3. The molecule has 0 radical (unpaired) electrons. The number of carboxylic acid groups (broad SMARTS) is 1. The summed E-state index contributed by atoms with van der Waals surface area (Å²) < 4.78 is 4.26. The van der Waals surface area contributed by atoms with E-state index in [1.54, 1.807) is 0 Å². The van der Waals surface area contributed by atoms with Crippen LogP contribution in [0, 0.1) is 6.92 Å². The van der Waals surface area contributed by atoms with Crippen molar-refractivity contribution in [1.82, 2.24) is 19.1 Å². The van der Waals surface area contributed by atoms with Gasteiger partial charge >= 0.3 is 5.97 Å². The van der Waals surface area contributed by atoms with E-state index < -0.39 is 5.97 Å². The zero-order valence-electron chi connectivity index (χ0n) is 22.3. The molecule has 39 heavy (non-hydrogen) atoms. The van der Waals surface area contributed by atoms with E-state index in [1.807, 2.05) is 80.7 Å². The smallest absolute Gasteiger partial charge is 0.336 e. The van der Waals surface area contributed by atoms with Gasteiger partial charge in [-0.05, 0) is 66.4 Å². The molecule has 0 spiro atoms. The molecule has 6 rings (SSSR count). The summed E-state index contributed by atoms with van der Waals surface area (Å²) in [5.74, 6) is 0.873. The Bertz CT molecular complexity index is 1850. The zero-order chi connectivity index (χ0) is 27.1. The molecule has 2 heterocycles. The molecule has 0 fully saturated rings. The Labute approximate surface area is 227 Å². The summed E-state index contributed by atoms with van der Waals surface area (Å²) >= 11 is 0. The average molecular weight is 515 g/mol. The molecule has 0 aliphatic carbocycles. The van der Waals surface area contributed by atoms with E-state index in [-0.39, 0.29) is 0 Å². The van der Waals surface area contributed by atoms with Crippen molar-refractivity contribution >= 4 is 28.0 Å². The summed E-state index contributed by atoms with van der Waals surface area (Å²) in [5.41, 5.74) is 8.30. The van der Waals surface area contributed by atoms with E-state index >= 15 is 0 Å². The van der Waals surface area contributed by atoms with E-state index in [0.29, 0.717) is 16.7 Å². The standard InChI is InChI=1S/C33H30N4O2/c1-4-5-15-30-34-26-18-16-23(32-35-25-13-9-10-14-28(25)36(32)3)20-29(26)37(30)27-19-17-24(22-11-7-6-8-12-22)31(21(27)2)33(38)39/h6-14,16-20H,4-5,15H2,1-3H3,(H,38,39). The van der Waals surface area contributed by atoms with Gasteiger partial charge in [0, 0.05) is 19.0 Å². The maximum Gasteiger partial charge on any atom is 0.336 e. The Morgan fingerprint density at radius 3 is 2.33 bits per heavy atom. The predicted octanol–water partition coefficient (Wildman–Crippen LogP) is 7.60.